The van der Waals surface area contributed by atoms with Crippen LogP contribution in [0, 0.1) is 0 Å². The SMILES string of the molecule is NC(=[NH2+])[NH2+]CC(O)COc1cccc2ccccc12.O=S(=O)([O-])[O-]. The number of benzene rings is 2. The maximum absolute atomic E-state index is 9.75. The Bertz CT molecular complexity index is 768. The summed E-state index contributed by atoms with van der Waals surface area (Å²) in [4.78, 5) is 0. The summed E-state index contributed by atoms with van der Waals surface area (Å²) >= 11 is 0. The number of aliphatic hydroxyl groups excluding tert-OH is 1. The molecule has 132 valence electrons. The Labute approximate surface area is 139 Å². The lowest BCUT2D eigenvalue weighted by molar-refractivity contribution is -0.576. The minimum atomic E-state index is -5.17. The lowest BCUT2D eigenvalue weighted by Gasteiger charge is -2.12. The van der Waals surface area contributed by atoms with Crippen LogP contribution < -0.4 is 21.2 Å². The molecule has 0 saturated carbocycles. The van der Waals surface area contributed by atoms with Crippen molar-refractivity contribution < 1.29 is 38.1 Å². The maximum Gasteiger partial charge on any atom is 0.434 e. The Hall–Kier alpha value is -2.24. The van der Waals surface area contributed by atoms with E-state index < -0.39 is 16.5 Å². The Morgan fingerprint density at radius 3 is 2.46 bits per heavy atom. The highest BCUT2D eigenvalue weighted by Crippen LogP contribution is 2.25. The lowest BCUT2D eigenvalue weighted by Crippen LogP contribution is -2.98. The number of fused-ring (bicyclic) bond motifs is 1. The molecule has 1 atom stereocenters. The van der Waals surface area contributed by atoms with Crippen LogP contribution in [-0.4, -0.2) is 47.8 Å². The Kier molecular flexibility index (Phi) is 7.55. The molecule has 0 spiro atoms. The number of quaternary nitrogens is 1. The first-order valence-electron chi connectivity index (χ1n) is 6.83. The number of rotatable bonds is 5. The van der Waals surface area contributed by atoms with Gasteiger partial charge in [0.2, 0.25) is 0 Å². The number of ether oxygens (including phenoxy) is 1. The first kappa shape index (κ1) is 19.8. The molecule has 9 nitrogen and oxygen atoms in total. The fourth-order valence-electron chi connectivity index (χ4n) is 1.85. The number of aliphatic hydroxyl groups is 1. The molecule has 0 aliphatic carbocycles. The third kappa shape index (κ3) is 8.41. The smallest absolute Gasteiger partial charge is 0.434 e. The van der Waals surface area contributed by atoms with E-state index in [-0.39, 0.29) is 12.6 Å². The minimum Gasteiger partial charge on any atom is -0.759 e. The zero-order chi connectivity index (χ0) is 18.2. The monoisotopic (exact) mass is 357 g/mol. The first-order chi connectivity index (χ1) is 11.2. The average molecular weight is 357 g/mol. The molecule has 0 aromatic heterocycles. The highest BCUT2D eigenvalue weighted by Gasteiger charge is 2.11. The van der Waals surface area contributed by atoms with Crippen molar-refractivity contribution in [3.63, 3.8) is 0 Å². The lowest BCUT2D eigenvalue weighted by atomic mass is 10.1. The molecule has 0 amide bonds. The summed E-state index contributed by atoms with van der Waals surface area (Å²) < 4.78 is 39.7. The maximum atomic E-state index is 9.75. The van der Waals surface area contributed by atoms with E-state index in [9.17, 15) is 5.11 Å². The normalized spacial score (nSPS) is 12.1. The van der Waals surface area contributed by atoms with Crippen molar-refractivity contribution >= 4 is 27.1 Å². The standard InChI is InChI=1S/C14H17N3O2.H2O4S/c15-14(16)17-8-11(18)9-19-13-7-3-5-10-4-1-2-6-12(10)13;1-5(2,3)4/h1-7,11,18H,8-9H2,(H4,15,16,17);(H2,1,2,3,4). The van der Waals surface area contributed by atoms with E-state index in [1.54, 1.807) is 5.32 Å². The Balaban J connectivity index is 0.000000505. The van der Waals surface area contributed by atoms with Crippen molar-refractivity contribution in [2.24, 2.45) is 5.73 Å². The fraction of sp³-hybridized carbons (Fsp3) is 0.214. The molecule has 0 saturated heterocycles. The van der Waals surface area contributed by atoms with Crippen LogP contribution in [-0.2, 0) is 10.4 Å². The molecule has 0 aliphatic heterocycles. The highest BCUT2D eigenvalue weighted by atomic mass is 32.3. The largest absolute Gasteiger partial charge is 0.759 e. The molecular formula is C14H19N3O6S. The van der Waals surface area contributed by atoms with Gasteiger partial charge in [-0.1, -0.05) is 36.4 Å². The second-order valence-electron chi connectivity index (χ2n) is 4.79. The van der Waals surface area contributed by atoms with E-state index in [4.69, 9.17) is 33.4 Å². The Morgan fingerprint density at radius 1 is 1.25 bits per heavy atom. The van der Waals surface area contributed by atoms with Crippen molar-refractivity contribution in [2.75, 3.05) is 13.2 Å². The van der Waals surface area contributed by atoms with Crippen molar-refractivity contribution in [1.29, 1.82) is 0 Å². The van der Waals surface area contributed by atoms with Gasteiger partial charge in [0.05, 0.1) is 0 Å². The molecule has 0 aliphatic rings. The first-order valence-corrected chi connectivity index (χ1v) is 8.16. The zero-order valence-corrected chi connectivity index (χ0v) is 13.5. The van der Waals surface area contributed by atoms with E-state index in [2.05, 4.69) is 0 Å². The van der Waals surface area contributed by atoms with Gasteiger partial charge in [-0.05, 0) is 11.5 Å². The van der Waals surface area contributed by atoms with Gasteiger partial charge in [-0.25, -0.2) is 16.5 Å². The topological polar surface area (TPSA) is 178 Å². The van der Waals surface area contributed by atoms with Crippen molar-refractivity contribution in [3.05, 3.63) is 42.5 Å². The summed E-state index contributed by atoms with van der Waals surface area (Å²) in [6.45, 7) is 0.588. The second-order valence-corrected chi connectivity index (χ2v) is 5.61. The van der Waals surface area contributed by atoms with Gasteiger partial charge >= 0.3 is 5.96 Å². The van der Waals surface area contributed by atoms with Gasteiger partial charge in [-0.2, -0.15) is 0 Å². The molecule has 0 heterocycles. The van der Waals surface area contributed by atoms with Crippen molar-refractivity contribution in [3.8, 4) is 5.75 Å². The molecule has 24 heavy (non-hydrogen) atoms. The van der Waals surface area contributed by atoms with Gasteiger partial charge in [0.25, 0.3) is 0 Å². The summed E-state index contributed by atoms with van der Waals surface area (Å²) in [6.07, 6.45) is -0.624. The average Bonchev–Trinajstić information content (AvgIpc) is 2.49. The van der Waals surface area contributed by atoms with Crippen molar-refractivity contribution in [2.45, 2.75) is 6.10 Å². The predicted molar refractivity (Wildman–Crippen MR) is 83.8 cm³/mol. The quantitative estimate of drug-likeness (QED) is 0.189. The van der Waals surface area contributed by atoms with Gasteiger partial charge in [0, 0.05) is 15.8 Å². The predicted octanol–water partition coefficient (Wildman–Crippen LogP) is -3.12. The molecule has 0 fully saturated rings. The molecular weight excluding hydrogens is 338 g/mol. The van der Waals surface area contributed by atoms with Gasteiger partial charge in [-0.3, -0.25) is 8.42 Å². The van der Waals surface area contributed by atoms with E-state index in [0.717, 1.165) is 16.5 Å². The number of hydrogen-bond acceptors (Lipinski definition) is 6. The van der Waals surface area contributed by atoms with Crippen LogP contribution >= 0.6 is 0 Å². The molecule has 0 radical (unpaired) electrons. The van der Waals surface area contributed by atoms with Crippen LogP contribution in [0.3, 0.4) is 0 Å². The molecule has 10 heteroatoms. The van der Waals surface area contributed by atoms with E-state index in [0.29, 0.717) is 6.54 Å². The van der Waals surface area contributed by atoms with Gasteiger partial charge < -0.3 is 18.9 Å². The molecule has 0 bridgehead atoms. The summed E-state index contributed by atoms with van der Waals surface area (Å²) in [5.74, 6) is 0.978. The number of nitrogens with two attached hydrogens (primary N) is 3. The highest BCUT2D eigenvalue weighted by molar-refractivity contribution is 7.79. The molecule has 7 N–H and O–H groups in total. The summed E-state index contributed by atoms with van der Waals surface area (Å²) in [5.41, 5.74) is 5.31. The van der Waals surface area contributed by atoms with E-state index >= 15 is 0 Å². The molecule has 2 aromatic carbocycles. The van der Waals surface area contributed by atoms with Gasteiger partial charge in [-0.15, -0.1) is 0 Å². The summed E-state index contributed by atoms with van der Waals surface area (Å²) in [5, 5.41) is 18.8. The van der Waals surface area contributed by atoms with Crippen LogP contribution in [0.1, 0.15) is 0 Å². The van der Waals surface area contributed by atoms with E-state index in [1.807, 2.05) is 42.5 Å². The fourth-order valence-corrected chi connectivity index (χ4v) is 1.85. The molecule has 1 unspecified atom stereocenters. The van der Waals surface area contributed by atoms with Crippen molar-refractivity contribution in [1.82, 2.24) is 0 Å². The van der Waals surface area contributed by atoms with Crippen LogP contribution in [0.15, 0.2) is 42.5 Å². The molecule has 2 rings (SSSR count). The third-order valence-electron chi connectivity index (χ3n) is 2.81. The van der Waals surface area contributed by atoms with Crippen LogP contribution in [0.2, 0.25) is 0 Å². The summed E-state index contributed by atoms with van der Waals surface area (Å²) in [7, 11) is -5.17. The van der Waals surface area contributed by atoms with Crippen LogP contribution in [0.4, 0.5) is 0 Å². The van der Waals surface area contributed by atoms with Gasteiger partial charge in [0.15, 0.2) is 0 Å². The number of guanidine groups is 1. The molecule has 2 aromatic rings. The number of hydrogen-bond donors (Lipinski definition) is 4. The van der Waals surface area contributed by atoms with Gasteiger partial charge in [0.1, 0.15) is 25.0 Å². The Morgan fingerprint density at radius 2 is 1.83 bits per heavy atom. The van der Waals surface area contributed by atoms with Crippen LogP contribution in [0.25, 0.3) is 10.8 Å². The minimum absolute atomic E-state index is 0.206. The second kappa shape index (κ2) is 9.15. The zero-order valence-electron chi connectivity index (χ0n) is 12.7. The van der Waals surface area contributed by atoms with E-state index in [1.165, 1.54) is 0 Å². The van der Waals surface area contributed by atoms with Crippen LogP contribution in [0.5, 0.6) is 5.75 Å². The third-order valence-corrected chi connectivity index (χ3v) is 2.81. The summed E-state index contributed by atoms with van der Waals surface area (Å²) in [6, 6.07) is 13.8.